The highest BCUT2D eigenvalue weighted by Crippen LogP contribution is 2.24. The number of nitrogens with zero attached hydrogens (tertiary/aromatic N) is 1. The maximum absolute atomic E-state index is 13.7. The Hall–Kier alpha value is -1.73. The van der Waals surface area contributed by atoms with Crippen molar-refractivity contribution in [1.82, 2.24) is 10.3 Å². The van der Waals surface area contributed by atoms with Crippen molar-refractivity contribution in [2.75, 3.05) is 6.54 Å². The quantitative estimate of drug-likeness (QED) is 0.894. The summed E-state index contributed by atoms with van der Waals surface area (Å²) in [6, 6.07) is 4.44. The first-order valence-corrected chi connectivity index (χ1v) is 6.64. The number of carbonyl (C=O) groups excluding carboxylic acids is 1. The predicted octanol–water partition coefficient (Wildman–Crippen LogP) is 2.35. The Morgan fingerprint density at radius 1 is 1.60 bits per heavy atom. The van der Waals surface area contributed by atoms with Crippen LogP contribution in [0.15, 0.2) is 33.4 Å². The van der Waals surface area contributed by atoms with E-state index in [4.69, 9.17) is 9.52 Å². The van der Waals surface area contributed by atoms with Crippen molar-refractivity contribution >= 4 is 21.8 Å². The minimum atomic E-state index is -0.658. The zero-order chi connectivity index (χ0) is 14.7. The van der Waals surface area contributed by atoms with E-state index in [2.05, 4.69) is 26.2 Å². The molecule has 0 saturated heterocycles. The van der Waals surface area contributed by atoms with Crippen molar-refractivity contribution in [3.05, 3.63) is 40.4 Å². The summed E-state index contributed by atoms with van der Waals surface area (Å²) in [4.78, 5) is 15.6. The largest absolute Gasteiger partial charge is 0.444 e. The van der Waals surface area contributed by atoms with Gasteiger partial charge in [-0.25, -0.2) is 9.37 Å². The number of aromatic nitrogens is 1. The zero-order valence-corrected chi connectivity index (χ0v) is 12.1. The molecule has 0 radical (unpaired) electrons. The van der Waals surface area contributed by atoms with E-state index in [0.29, 0.717) is 4.47 Å². The minimum absolute atomic E-state index is 0.0252. The van der Waals surface area contributed by atoms with E-state index >= 15 is 0 Å². The van der Waals surface area contributed by atoms with Gasteiger partial charge in [-0.15, -0.1) is 0 Å². The van der Waals surface area contributed by atoms with E-state index in [9.17, 15) is 9.18 Å². The van der Waals surface area contributed by atoms with Gasteiger partial charge in [0.05, 0.1) is 11.7 Å². The average molecular weight is 343 g/mol. The standard InChI is InChI=1S/C13H12BrFN2O3/c1-7(18)5-16-12(19)11-6-20-13(17-11)9-3-2-8(14)4-10(9)15/h2-4,6-7,18H,5H2,1H3,(H,16,19)/t7-/m1/s1. The predicted molar refractivity (Wildman–Crippen MR) is 73.6 cm³/mol. The second-order valence-corrected chi connectivity index (χ2v) is 5.14. The second-order valence-electron chi connectivity index (χ2n) is 4.22. The lowest BCUT2D eigenvalue weighted by Gasteiger charge is -2.04. The van der Waals surface area contributed by atoms with E-state index in [1.807, 2.05) is 0 Å². The van der Waals surface area contributed by atoms with Gasteiger partial charge in [-0.3, -0.25) is 4.79 Å². The monoisotopic (exact) mass is 342 g/mol. The van der Waals surface area contributed by atoms with Gasteiger partial charge in [0, 0.05) is 11.0 Å². The molecule has 0 fully saturated rings. The van der Waals surface area contributed by atoms with Crippen molar-refractivity contribution in [2.24, 2.45) is 0 Å². The van der Waals surface area contributed by atoms with E-state index in [0.717, 1.165) is 6.26 Å². The van der Waals surface area contributed by atoms with Gasteiger partial charge in [0.1, 0.15) is 12.1 Å². The molecule has 1 heterocycles. The van der Waals surface area contributed by atoms with Gasteiger partial charge in [-0.2, -0.15) is 0 Å². The van der Waals surface area contributed by atoms with Crippen LogP contribution in [0.3, 0.4) is 0 Å². The Labute approximate surface area is 123 Å². The molecule has 0 aliphatic rings. The average Bonchev–Trinajstić information content (AvgIpc) is 2.85. The summed E-state index contributed by atoms with van der Waals surface area (Å²) in [5, 5.41) is 11.6. The molecule has 0 aliphatic carbocycles. The molecule has 0 aliphatic heterocycles. The maximum Gasteiger partial charge on any atom is 0.273 e. The van der Waals surface area contributed by atoms with Gasteiger partial charge in [0.2, 0.25) is 5.89 Å². The van der Waals surface area contributed by atoms with Crippen LogP contribution in [0.5, 0.6) is 0 Å². The van der Waals surface area contributed by atoms with Crippen LogP contribution in [0.25, 0.3) is 11.5 Å². The summed E-state index contributed by atoms with van der Waals surface area (Å²) < 4.78 is 19.4. The number of oxazole rings is 1. The number of aliphatic hydroxyl groups excluding tert-OH is 1. The molecular weight excluding hydrogens is 331 g/mol. The Bertz CT molecular complexity index is 628. The van der Waals surface area contributed by atoms with Crippen molar-refractivity contribution in [3.8, 4) is 11.5 Å². The third-order valence-electron chi connectivity index (χ3n) is 2.46. The molecule has 0 spiro atoms. The third kappa shape index (κ3) is 3.43. The number of benzene rings is 1. The molecule has 1 aromatic carbocycles. The van der Waals surface area contributed by atoms with Gasteiger partial charge in [-0.1, -0.05) is 15.9 Å². The zero-order valence-electron chi connectivity index (χ0n) is 10.6. The van der Waals surface area contributed by atoms with Gasteiger partial charge in [-0.05, 0) is 25.1 Å². The maximum atomic E-state index is 13.7. The Morgan fingerprint density at radius 3 is 3.00 bits per heavy atom. The molecule has 106 valence electrons. The number of nitrogens with one attached hydrogen (secondary N) is 1. The first-order chi connectivity index (χ1) is 9.47. The summed E-state index contributed by atoms with van der Waals surface area (Å²) in [5.41, 5.74) is 0.200. The number of carbonyl (C=O) groups is 1. The SMILES string of the molecule is C[C@@H](O)CNC(=O)c1coc(-c2ccc(Br)cc2F)n1. The highest BCUT2D eigenvalue weighted by Gasteiger charge is 2.16. The number of rotatable bonds is 4. The van der Waals surface area contributed by atoms with Crippen LogP contribution in [0.4, 0.5) is 4.39 Å². The number of hydrogen-bond donors (Lipinski definition) is 2. The third-order valence-corrected chi connectivity index (χ3v) is 2.95. The fourth-order valence-corrected chi connectivity index (χ4v) is 1.83. The lowest BCUT2D eigenvalue weighted by molar-refractivity contribution is 0.0919. The molecule has 2 N–H and O–H groups in total. The summed E-state index contributed by atoms with van der Waals surface area (Å²) in [5.74, 6) is -0.965. The molecule has 0 bridgehead atoms. The molecule has 1 atom stereocenters. The number of amides is 1. The molecule has 20 heavy (non-hydrogen) atoms. The topological polar surface area (TPSA) is 75.4 Å². The number of aliphatic hydroxyl groups is 1. The summed E-state index contributed by atoms with van der Waals surface area (Å²) >= 11 is 3.15. The highest BCUT2D eigenvalue weighted by molar-refractivity contribution is 9.10. The van der Waals surface area contributed by atoms with E-state index in [-0.39, 0.29) is 23.7 Å². The molecule has 0 saturated carbocycles. The van der Waals surface area contributed by atoms with Crippen molar-refractivity contribution in [2.45, 2.75) is 13.0 Å². The molecular formula is C13H12BrFN2O3. The van der Waals surface area contributed by atoms with Crippen molar-refractivity contribution in [1.29, 1.82) is 0 Å². The molecule has 0 unspecified atom stereocenters. The molecule has 1 aromatic heterocycles. The van der Waals surface area contributed by atoms with Gasteiger partial charge >= 0.3 is 0 Å². The Kier molecular flexibility index (Phi) is 4.51. The number of hydrogen-bond acceptors (Lipinski definition) is 4. The normalized spacial score (nSPS) is 12.2. The van der Waals surface area contributed by atoms with Gasteiger partial charge in [0.25, 0.3) is 5.91 Å². The van der Waals surface area contributed by atoms with Gasteiger partial charge in [0.15, 0.2) is 5.69 Å². The Morgan fingerprint density at radius 2 is 2.35 bits per heavy atom. The first-order valence-electron chi connectivity index (χ1n) is 5.84. The highest BCUT2D eigenvalue weighted by atomic mass is 79.9. The van der Waals surface area contributed by atoms with Crippen LogP contribution in [-0.2, 0) is 0 Å². The fourth-order valence-electron chi connectivity index (χ4n) is 1.50. The lowest BCUT2D eigenvalue weighted by Crippen LogP contribution is -2.30. The smallest absolute Gasteiger partial charge is 0.273 e. The van der Waals surface area contributed by atoms with Crippen molar-refractivity contribution < 1.29 is 18.7 Å². The first kappa shape index (κ1) is 14.7. The molecule has 1 amide bonds. The molecule has 2 rings (SSSR count). The second kappa shape index (κ2) is 6.15. The number of halogens is 2. The van der Waals surface area contributed by atoms with Crippen LogP contribution >= 0.6 is 15.9 Å². The van der Waals surface area contributed by atoms with E-state index in [1.54, 1.807) is 13.0 Å². The van der Waals surface area contributed by atoms with Crippen LogP contribution in [0.2, 0.25) is 0 Å². The van der Waals surface area contributed by atoms with Crippen LogP contribution in [-0.4, -0.2) is 28.6 Å². The van der Waals surface area contributed by atoms with Crippen LogP contribution in [0.1, 0.15) is 17.4 Å². The van der Waals surface area contributed by atoms with E-state index < -0.39 is 17.8 Å². The molecule has 5 nitrogen and oxygen atoms in total. The Balaban J connectivity index is 2.18. The van der Waals surface area contributed by atoms with Crippen LogP contribution < -0.4 is 5.32 Å². The summed E-state index contributed by atoms with van der Waals surface area (Å²) in [7, 11) is 0. The summed E-state index contributed by atoms with van der Waals surface area (Å²) in [6.45, 7) is 1.65. The minimum Gasteiger partial charge on any atom is -0.444 e. The fraction of sp³-hybridized carbons (Fsp3) is 0.231. The van der Waals surface area contributed by atoms with Crippen LogP contribution in [0, 0.1) is 5.82 Å². The van der Waals surface area contributed by atoms with E-state index in [1.165, 1.54) is 12.1 Å². The van der Waals surface area contributed by atoms with Crippen molar-refractivity contribution in [3.63, 3.8) is 0 Å². The van der Waals surface area contributed by atoms with Gasteiger partial charge < -0.3 is 14.8 Å². The lowest BCUT2D eigenvalue weighted by atomic mass is 10.2. The summed E-state index contributed by atoms with van der Waals surface area (Å²) in [6.07, 6.45) is 0.489. The molecule has 7 heteroatoms. The molecule has 2 aromatic rings.